The van der Waals surface area contributed by atoms with Gasteiger partial charge in [-0.3, -0.25) is 4.79 Å². The van der Waals surface area contributed by atoms with Gasteiger partial charge in [0.25, 0.3) is 0 Å². The molecule has 30 heavy (non-hydrogen) atoms. The van der Waals surface area contributed by atoms with E-state index >= 15 is 0 Å². The molecule has 9 heteroatoms. The molecule has 0 atom stereocenters. The number of likely N-dealkylation sites (N-methyl/N-ethyl adjacent to an activating group) is 1. The quantitative estimate of drug-likeness (QED) is 0.639. The van der Waals surface area contributed by atoms with E-state index in [2.05, 4.69) is 32.1 Å². The summed E-state index contributed by atoms with van der Waals surface area (Å²) >= 11 is 0. The van der Waals surface area contributed by atoms with Gasteiger partial charge in [0, 0.05) is 33.1 Å². The van der Waals surface area contributed by atoms with Crippen molar-refractivity contribution >= 4 is 23.2 Å². The van der Waals surface area contributed by atoms with Gasteiger partial charge in [0.15, 0.2) is 11.5 Å². The minimum absolute atomic E-state index is 0.00861. The highest BCUT2D eigenvalue weighted by Crippen LogP contribution is 2.31. The fraction of sp³-hybridized carbons (Fsp3) is 0.286. The van der Waals surface area contributed by atoms with E-state index in [1.165, 1.54) is 13.0 Å². The molecule has 1 fully saturated rings. The first kappa shape index (κ1) is 20.0. The number of pyridine rings is 1. The molecule has 1 N–H and O–H groups in total. The van der Waals surface area contributed by atoms with Crippen molar-refractivity contribution in [2.24, 2.45) is 0 Å². The van der Waals surface area contributed by atoms with Crippen LogP contribution in [0.2, 0.25) is 0 Å². The van der Waals surface area contributed by atoms with Gasteiger partial charge in [0.1, 0.15) is 23.0 Å². The monoisotopic (exact) mass is 413 g/mol. The molecule has 1 aromatic carbocycles. The number of carbonyl (C=O) groups excluding carboxylic acids is 1. The zero-order valence-corrected chi connectivity index (χ0v) is 16.7. The number of Topliss-reactive ketones (excluding diaryl/α,β-unsaturated/α-hetero) is 1. The van der Waals surface area contributed by atoms with Crippen molar-refractivity contribution in [2.75, 3.05) is 43.4 Å². The van der Waals surface area contributed by atoms with E-state index < -0.39 is 23.0 Å². The maximum absolute atomic E-state index is 14.1. The van der Waals surface area contributed by atoms with Crippen LogP contribution in [0.1, 0.15) is 17.4 Å². The Morgan fingerprint density at radius 1 is 1.10 bits per heavy atom. The van der Waals surface area contributed by atoms with E-state index in [9.17, 15) is 13.6 Å². The van der Waals surface area contributed by atoms with Crippen molar-refractivity contribution in [3.8, 4) is 11.5 Å². The Morgan fingerprint density at radius 2 is 1.80 bits per heavy atom. The number of aromatic nitrogens is 2. The average Bonchev–Trinajstić information content (AvgIpc) is 3.13. The molecule has 156 valence electrons. The van der Waals surface area contributed by atoms with Crippen molar-refractivity contribution in [1.29, 1.82) is 0 Å². The first-order chi connectivity index (χ1) is 14.4. The SMILES string of the molecule is CC(=O)c1nc(-c2c(F)cccc2F)oc1Nc1ccc(N2CCN(C)CC2)nc1. The molecule has 2 aromatic heterocycles. The second-order valence-electron chi connectivity index (χ2n) is 7.17. The fourth-order valence-corrected chi connectivity index (χ4v) is 3.27. The normalized spacial score (nSPS) is 14.7. The van der Waals surface area contributed by atoms with E-state index in [1.807, 2.05) is 6.07 Å². The molecule has 0 aliphatic carbocycles. The van der Waals surface area contributed by atoms with Crippen molar-refractivity contribution < 1.29 is 18.0 Å². The molecule has 4 rings (SSSR count). The number of nitrogens with one attached hydrogen (secondary N) is 1. The van der Waals surface area contributed by atoms with E-state index in [0.717, 1.165) is 44.1 Å². The standard InChI is InChI=1S/C21H21F2N5O2/c1-13(29)19-21(30-20(26-19)18-15(22)4-3-5-16(18)23)25-14-6-7-17(24-12-14)28-10-8-27(2)9-11-28/h3-7,12,25H,8-11H2,1-2H3. The van der Waals surface area contributed by atoms with Crippen molar-refractivity contribution in [3.05, 3.63) is 53.9 Å². The van der Waals surface area contributed by atoms with Crippen LogP contribution < -0.4 is 10.2 Å². The summed E-state index contributed by atoms with van der Waals surface area (Å²) in [5, 5.41) is 2.94. The molecular weight excluding hydrogens is 392 g/mol. The molecule has 3 heterocycles. The maximum Gasteiger partial charge on any atom is 0.235 e. The summed E-state index contributed by atoms with van der Waals surface area (Å²) in [6.07, 6.45) is 1.61. The lowest BCUT2D eigenvalue weighted by Crippen LogP contribution is -2.44. The zero-order chi connectivity index (χ0) is 21.3. The molecule has 3 aromatic rings. The lowest BCUT2D eigenvalue weighted by atomic mass is 10.2. The minimum atomic E-state index is -0.823. The molecule has 1 saturated heterocycles. The topological polar surface area (TPSA) is 74.5 Å². The van der Waals surface area contributed by atoms with Crippen LogP contribution in [0.25, 0.3) is 11.5 Å². The molecule has 1 aliphatic heterocycles. The highest BCUT2D eigenvalue weighted by molar-refractivity contribution is 5.97. The first-order valence-corrected chi connectivity index (χ1v) is 9.55. The highest BCUT2D eigenvalue weighted by Gasteiger charge is 2.23. The van der Waals surface area contributed by atoms with Gasteiger partial charge in [-0.2, -0.15) is 0 Å². The van der Waals surface area contributed by atoms with Crippen molar-refractivity contribution in [3.63, 3.8) is 0 Å². The van der Waals surface area contributed by atoms with Gasteiger partial charge in [0.2, 0.25) is 11.8 Å². The second-order valence-corrected chi connectivity index (χ2v) is 7.17. The zero-order valence-electron chi connectivity index (χ0n) is 16.7. The summed E-state index contributed by atoms with van der Waals surface area (Å²) in [5.74, 6) is -1.49. The lowest BCUT2D eigenvalue weighted by Gasteiger charge is -2.33. The summed E-state index contributed by atoms with van der Waals surface area (Å²) in [4.78, 5) is 24.9. The third-order valence-electron chi connectivity index (χ3n) is 4.97. The summed E-state index contributed by atoms with van der Waals surface area (Å²) in [7, 11) is 2.09. The predicted molar refractivity (Wildman–Crippen MR) is 109 cm³/mol. The number of benzene rings is 1. The Bertz CT molecular complexity index is 1040. The van der Waals surface area contributed by atoms with Crippen LogP contribution in [-0.2, 0) is 0 Å². The third-order valence-corrected chi connectivity index (χ3v) is 4.97. The highest BCUT2D eigenvalue weighted by atomic mass is 19.1. The van der Waals surface area contributed by atoms with Crippen LogP contribution in [0.15, 0.2) is 40.9 Å². The van der Waals surface area contributed by atoms with Gasteiger partial charge in [-0.1, -0.05) is 6.07 Å². The molecule has 0 bridgehead atoms. The Hall–Kier alpha value is -3.33. The number of piperazine rings is 1. The summed E-state index contributed by atoms with van der Waals surface area (Å²) < 4.78 is 33.7. The van der Waals surface area contributed by atoms with Crippen LogP contribution in [0.5, 0.6) is 0 Å². The van der Waals surface area contributed by atoms with Gasteiger partial charge >= 0.3 is 0 Å². The number of anilines is 3. The molecule has 1 aliphatic rings. The second kappa shape index (κ2) is 8.19. The number of oxazole rings is 1. The Kier molecular flexibility index (Phi) is 5.45. The number of hydrogen-bond donors (Lipinski definition) is 1. The Labute approximate surface area is 172 Å². The first-order valence-electron chi connectivity index (χ1n) is 9.55. The Morgan fingerprint density at radius 3 is 2.40 bits per heavy atom. The number of halogens is 2. The molecule has 0 saturated carbocycles. The lowest BCUT2D eigenvalue weighted by molar-refractivity contribution is 0.101. The number of nitrogens with zero attached hydrogens (tertiary/aromatic N) is 4. The maximum atomic E-state index is 14.1. The van der Waals surface area contributed by atoms with Gasteiger partial charge in [-0.05, 0) is 31.3 Å². The van der Waals surface area contributed by atoms with Gasteiger partial charge in [0.05, 0.1) is 11.9 Å². The minimum Gasteiger partial charge on any atom is -0.419 e. The van der Waals surface area contributed by atoms with Gasteiger partial charge in [-0.15, -0.1) is 0 Å². The molecule has 0 radical (unpaired) electrons. The van der Waals surface area contributed by atoms with E-state index in [4.69, 9.17) is 4.42 Å². The van der Waals surface area contributed by atoms with Gasteiger partial charge < -0.3 is 19.5 Å². The number of rotatable bonds is 5. The van der Waals surface area contributed by atoms with Crippen LogP contribution in [-0.4, -0.2) is 53.9 Å². The molecule has 7 nitrogen and oxygen atoms in total. The predicted octanol–water partition coefficient (Wildman–Crippen LogP) is 3.71. The van der Waals surface area contributed by atoms with Crippen LogP contribution >= 0.6 is 0 Å². The molecule has 0 spiro atoms. The van der Waals surface area contributed by atoms with Crippen LogP contribution in [0.3, 0.4) is 0 Å². The summed E-state index contributed by atoms with van der Waals surface area (Å²) in [5.41, 5.74) is 0.0967. The Balaban J connectivity index is 1.58. The van der Waals surface area contributed by atoms with Crippen LogP contribution in [0.4, 0.5) is 26.2 Å². The summed E-state index contributed by atoms with van der Waals surface area (Å²) in [6.45, 7) is 5.03. The smallest absolute Gasteiger partial charge is 0.235 e. The number of hydrogen-bond acceptors (Lipinski definition) is 7. The van der Waals surface area contributed by atoms with Gasteiger partial charge in [-0.25, -0.2) is 18.7 Å². The van der Waals surface area contributed by atoms with Crippen molar-refractivity contribution in [1.82, 2.24) is 14.9 Å². The largest absolute Gasteiger partial charge is 0.419 e. The van der Waals surface area contributed by atoms with Crippen molar-refractivity contribution in [2.45, 2.75) is 6.92 Å². The molecule has 0 unspecified atom stereocenters. The average molecular weight is 413 g/mol. The fourth-order valence-electron chi connectivity index (χ4n) is 3.27. The third kappa shape index (κ3) is 4.02. The van der Waals surface area contributed by atoms with E-state index in [-0.39, 0.29) is 17.5 Å². The van der Waals surface area contributed by atoms with Crippen LogP contribution in [0, 0.1) is 11.6 Å². The van der Waals surface area contributed by atoms with E-state index in [1.54, 1.807) is 12.3 Å². The van der Waals surface area contributed by atoms with E-state index in [0.29, 0.717) is 5.69 Å². The number of ketones is 1. The summed E-state index contributed by atoms with van der Waals surface area (Å²) in [6, 6.07) is 7.12. The number of carbonyl (C=O) groups is 1. The molecule has 0 amide bonds. The molecular formula is C21H21F2N5O2.